The molecule has 1 amide bonds. The number of anilines is 1. The molecule has 0 spiro atoms. The van der Waals surface area contributed by atoms with Crippen molar-refractivity contribution in [2.45, 2.75) is 0 Å². The predicted octanol–water partition coefficient (Wildman–Crippen LogP) is 1.59. The van der Waals surface area contributed by atoms with Crippen LogP contribution in [0.2, 0.25) is 0 Å². The SMILES string of the molecule is O=C(Nc1cc2[nH]c(=O)[nH]c2cc1Br)c1cn[nH]c1. The van der Waals surface area contributed by atoms with E-state index in [0.29, 0.717) is 26.8 Å². The van der Waals surface area contributed by atoms with Crippen molar-refractivity contribution in [3.63, 3.8) is 0 Å². The van der Waals surface area contributed by atoms with Gasteiger partial charge in [0.25, 0.3) is 5.91 Å². The minimum atomic E-state index is -0.291. The zero-order valence-electron chi connectivity index (χ0n) is 9.45. The van der Waals surface area contributed by atoms with Gasteiger partial charge in [0, 0.05) is 10.7 Å². The van der Waals surface area contributed by atoms with Gasteiger partial charge in [-0.25, -0.2) is 4.79 Å². The monoisotopic (exact) mass is 321 g/mol. The molecule has 2 heterocycles. The first-order chi connectivity index (χ1) is 9.13. The molecule has 0 aliphatic heterocycles. The Morgan fingerprint density at radius 2 is 2.00 bits per heavy atom. The van der Waals surface area contributed by atoms with Gasteiger partial charge in [-0.15, -0.1) is 0 Å². The molecule has 0 radical (unpaired) electrons. The number of aromatic nitrogens is 4. The van der Waals surface area contributed by atoms with Crippen LogP contribution in [0.15, 0.2) is 33.8 Å². The molecule has 0 saturated heterocycles. The number of nitrogens with one attached hydrogen (secondary N) is 4. The Morgan fingerprint density at radius 1 is 1.26 bits per heavy atom. The molecule has 0 aliphatic rings. The Kier molecular flexibility index (Phi) is 2.71. The molecule has 19 heavy (non-hydrogen) atoms. The highest BCUT2D eigenvalue weighted by Crippen LogP contribution is 2.26. The second-order valence-electron chi connectivity index (χ2n) is 3.90. The van der Waals surface area contributed by atoms with Crippen LogP contribution in [0.1, 0.15) is 10.4 Å². The topological polar surface area (TPSA) is 106 Å². The molecular formula is C11H8BrN5O2. The van der Waals surface area contributed by atoms with Gasteiger partial charge in [-0.1, -0.05) is 0 Å². The van der Waals surface area contributed by atoms with Crippen LogP contribution in [0.25, 0.3) is 11.0 Å². The summed E-state index contributed by atoms with van der Waals surface area (Å²) in [6.07, 6.45) is 2.93. The van der Waals surface area contributed by atoms with Crippen LogP contribution in [-0.4, -0.2) is 26.1 Å². The Hall–Kier alpha value is -2.35. The van der Waals surface area contributed by atoms with E-state index in [9.17, 15) is 9.59 Å². The summed E-state index contributed by atoms with van der Waals surface area (Å²) in [5.74, 6) is -0.285. The molecule has 0 aliphatic carbocycles. The molecule has 1 aromatic carbocycles. The first-order valence-electron chi connectivity index (χ1n) is 5.35. The maximum Gasteiger partial charge on any atom is 0.323 e. The van der Waals surface area contributed by atoms with E-state index in [1.165, 1.54) is 12.4 Å². The number of carbonyl (C=O) groups excluding carboxylic acids is 1. The molecule has 8 heteroatoms. The molecule has 3 rings (SSSR count). The Bertz CT molecular complexity index is 802. The zero-order chi connectivity index (χ0) is 13.4. The van der Waals surface area contributed by atoms with Crippen LogP contribution >= 0.6 is 15.9 Å². The second-order valence-corrected chi connectivity index (χ2v) is 4.75. The molecule has 2 aromatic heterocycles. The molecular weight excluding hydrogens is 314 g/mol. The lowest BCUT2D eigenvalue weighted by molar-refractivity contribution is 0.102. The van der Waals surface area contributed by atoms with Crippen molar-refractivity contribution in [1.82, 2.24) is 20.2 Å². The number of halogens is 1. The number of hydrogen-bond donors (Lipinski definition) is 4. The lowest BCUT2D eigenvalue weighted by Gasteiger charge is -2.06. The van der Waals surface area contributed by atoms with E-state index in [0.717, 1.165) is 0 Å². The molecule has 0 fully saturated rings. The maximum absolute atomic E-state index is 11.9. The van der Waals surface area contributed by atoms with Crippen molar-refractivity contribution in [2.75, 3.05) is 5.32 Å². The molecule has 3 aromatic rings. The van der Waals surface area contributed by atoms with E-state index in [2.05, 4.69) is 41.4 Å². The fourth-order valence-corrected chi connectivity index (χ4v) is 2.16. The largest absolute Gasteiger partial charge is 0.323 e. The molecule has 96 valence electrons. The van der Waals surface area contributed by atoms with Crippen molar-refractivity contribution in [3.8, 4) is 0 Å². The summed E-state index contributed by atoms with van der Waals surface area (Å²) in [4.78, 5) is 28.4. The van der Waals surface area contributed by atoms with Gasteiger partial charge < -0.3 is 15.3 Å². The fourth-order valence-electron chi connectivity index (χ4n) is 1.72. The lowest BCUT2D eigenvalue weighted by Crippen LogP contribution is -2.11. The molecule has 0 atom stereocenters. The number of carbonyl (C=O) groups is 1. The number of fused-ring (bicyclic) bond motifs is 1. The smallest absolute Gasteiger partial charge is 0.321 e. The van der Waals surface area contributed by atoms with Crippen LogP contribution in [0, 0.1) is 0 Å². The third-order valence-electron chi connectivity index (χ3n) is 2.61. The minimum absolute atomic E-state index is 0.285. The maximum atomic E-state index is 11.9. The van der Waals surface area contributed by atoms with Gasteiger partial charge in [0.1, 0.15) is 0 Å². The number of imidazole rings is 1. The summed E-state index contributed by atoms with van der Waals surface area (Å²) in [6.45, 7) is 0. The number of benzene rings is 1. The number of nitrogens with zero attached hydrogens (tertiary/aromatic N) is 1. The third kappa shape index (κ3) is 2.17. The summed E-state index contributed by atoms with van der Waals surface area (Å²) in [5, 5.41) is 9.01. The molecule has 4 N–H and O–H groups in total. The second kappa shape index (κ2) is 4.39. The van der Waals surface area contributed by atoms with Crippen LogP contribution in [0.3, 0.4) is 0 Å². The van der Waals surface area contributed by atoms with Gasteiger partial charge in [0.05, 0.1) is 28.5 Å². The number of aromatic amines is 3. The normalized spacial score (nSPS) is 10.8. The Labute approximate surface area is 114 Å². The summed E-state index contributed by atoms with van der Waals surface area (Å²) in [5.41, 5.74) is 1.98. The van der Waals surface area contributed by atoms with E-state index in [-0.39, 0.29) is 11.6 Å². The van der Waals surface area contributed by atoms with Gasteiger partial charge >= 0.3 is 5.69 Å². The van der Waals surface area contributed by atoms with E-state index in [4.69, 9.17) is 0 Å². The fraction of sp³-hybridized carbons (Fsp3) is 0. The number of hydrogen-bond acceptors (Lipinski definition) is 3. The van der Waals surface area contributed by atoms with Crippen LogP contribution in [0.4, 0.5) is 5.69 Å². The average molecular weight is 322 g/mol. The van der Waals surface area contributed by atoms with Crippen LogP contribution in [-0.2, 0) is 0 Å². The van der Waals surface area contributed by atoms with Gasteiger partial charge in [-0.2, -0.15) is 5.10 Å². The Balaban J connectivity index is 1.98. The standard InChI is InChI=1S/C11H8BrN5O2/c12-6-1-8-9(17-11(19)16-8)2-7(6)15-10(18)5-3-13-14-4-5/h1-4H,(H,13,14)(H,15,18)(H2,16,17,19). The summed E-state index contributed by atoms with van der Waals surface area (Å²) in [7, 11) is 0. The Morgan fingerprint density at radius 3 is 2.68 bits per heavy atom. The molecule has 0 saturated carbocycles. The summed E-state index contributed by atoms with van der Waals surface area (Å²) < 4.78 is 0.673. The van der Waals surface area contributed by atoms with E-state index in [1.54, 1.807) is 12.1 Å². The van der Waals surface area contributed by atoms with Gasteiger partial charge in [-0.3, -0.25) is 9.89 Å². The molecule has 7 nitrogen and oxygen atoms in total. The van der Waals surface area contributed by atoms with Crippen molar-refractivity contribution in [1.29, 1.82) is 0 Å². The van der Waals surface area contributed by atoms with Gasteiger partial charge in [0.2, 0.25) is 0 Å². The van der Waals surface area contributed by atoms with Crippen molar-refractivity contribution in [2.24, 2.45) is 0 Å². The van der Waals surface area contributed by atoms with Crippen LogP contribution in [0.5, 0.6) is 0 Å². The highest BCUT2D eigenvalue weighted by Gasteiger charge is 2.11. The van der Waals surface area contributed by atoms with E-state index in [1.807, 2.05) is 0 Å². The van der Waals surface area contributed by atoms with E-state index >= 15 is 0 Å². The lowest BCUT2D eigenvalue weighted by atomic mass is 10.2. The average Bonchev–Trinajstić information content (AvgIpc) is 2.97. The quantitative estimate of drug-likeness (QED) is 0.575. The van der Waals surface area contributed by atoms with Gasteiger partial charge in [-0.05, 0) is 28.1 Å². The van der Waals surface area contributed by atoms with Crippen LogP contribution < -0.4 is 11.0 Å². The minimum Gasteiger partial charge on any atom is -0.321 e. The summed E-state index contributed by atoms with van der Waals surface area (Å²) in [6, 6.07) is 3.40. The number of rotatable bonds is 2. The van der Waals surface area contributed by atoms with E-state index < -0.39 is 0 Å². The van der Waals surface area contributed by atoms with Crippen molar-refractivity contribution < 1.29 is 4.79 Å². The molecule has 0 unspecified atom stereocenters. The van der Waals surface area contributed by atoms with Gasteiger partial charge in [0.15, 0.2) is 0 Å². The highest BCUT2D eigenvalue weighted by atomic mass is 79.9. The first-order valence-corrected chi connectivity index (χ1v) is 6.14. The molecule has 0 bridgehead atoms. The number of amides is 1. The van der Waals surface area contributed by atoms with Crippen molar-refractivity contribution >= 4 is 38.6 Å². The predicted molar refractivity (Wildman–Crippen MR) is 73.2 cm³/mol. The zero-order valence-corrected chi connectivity index (χ0v) is 11.0. The summed E-state index contributed by atoms with van der Waals surface area (Å²) >= 11 is 3.34. The third-order valence-corrected chi connectivity index (χ3v) is 3.27. The highest BCUT2D eigenvalue weighted by molar-refractivity contribution is 9.10. The first kappa shape index (κ1) is 11.7. The number of H-pyrrole nitrogens is 3. The van der Waals surface area contributed by atoms with Crippen molar-refractivity contribution in [3.05, 3.63) is 45.0 Å².